The van der Waals surface area contributed by atoms with Crippen molar-refractivity contribution in [3.8, 4) is 0 Å². The van der Waals surface area contributed by atoms with E-state index in [-0.39, 0.29) is 22.3 Å². The van der Waals surface area contributed by atoms with Gasteiger partial charge in [0.25, 0.3) is 5.69 Å². The Balaban J connectivity index is 2.83. The molecule has 18 heavy (non-hydrogen) atoms. The van der Waals surface area contributed by atoms with Crippen LogP contribution in [0.4, 0.5) is 10.1 Å². The maximum absolute atomic E-state index is 13.3. The molecule has 1 heterocycles. The van der Waals surface area contributed by atoms with Crippen molar-refractivity contribution in [1.29, 1.82) is 0 Å². The molecule has 0 amide bonds. The zero-order chi connectivity index (χ0) is 13.4. The monoisotopic (exact) mass is 268 g/mol. The minimum absolute atomic E-state index is 0.107. The zero-order valence-electron chi connectivity index (χ0n) is 9.78. The summed E-state index contributed by atoms with van der Waals surface area (Å²) < 4.78 is 13.3. The quantitative estimate of drug-likeness (QED) is 0.469. The second kappa shape index (κ2) is 4.49. The molecule has 1 aromatic carbocycles. The Morgan fingerprint density at radius 2 is 2.06 bits per heavy atom. The Labute approximate surface area is 108 Å². The summed E-state index contributed by atoms with van der Waals surface area (Å²) in [6, 6.07) is 3.71. The molecular formula is C12H10ClFN2O2. The average Bonchev–Trinajstić information content (AvgIpc) is 2.27. The Morgan fingerprint density at radius 3 is 2.61 bits per heavy atom. The number of halogens is 2. The summed E-state index contributed by atoms with van der Waals surface area (Å²) in [5.41, 5.74) is 0.474. The van der Waals surface area contributed by atoms with Gasteiger partial charge in [0.05, 0.1) is 11.0 Å². The van der Waals surface area contributed by atoms with Gasteiger partial charge in [-0.15, -0.1) is 0 Å². The van der Waals surface area contributed by atoms with E-state index in [1.54, 1.807) is 6.07 Å². The minimum atomic E-state index is -0.663. The van der Waals surface area contributed by atoms with Crippen LogP contribution in [0.5, 0.6) is 0 Å². The van der Waals surface area contributed by atoms with E-state index < -0.39 is 10.7 Å². The largest absolute Gasteiger partial charge is 0.298 e. The highest BCUT2D eigenvalue weighted by atomic mass is 35.5. The van der Waals surface area contributed by atoms with E-state index in [0.29, 0.717) is 5.39 Å². The van der Waals surface area contributed by atoms with Gasteiger partial charge in [0, 0.05) is 5.39 Å². The van der Waals surface area contributed by atoms with E-state index in [4.69, 9.17) is 11.6 Å². The van der Waals surface area contributed by atoms with E-state index in [0.717, 1.165) is 11.6 Å². The number of aromatic nitrogens is 1. The van der Waals surface area contributed by atoms with Crippen molar-refractivity contribution >= 4 is 28.2 Å². The van der Waals surface area contributed by atoms with E-state index >= 15 is 0 Å². The summed E-state index contributed by atoms with van der Waals surface area (Å²) in [6.45, 7) is 3.84. The van der Waals surface area contributed by atoms with Crippen molar-refractivity contribution in [1.82, 2.24) is 4.98 Å². The van der Waals surface area contributed by atoms with Crippen molar-refractivity contribution in [2.75, 3.05) is 0 Å². The Kier molecular flexibility index (Phi) is 3.17. The first-order valence-electron chi connectivity index (χ1n) is 5.34. The van der Waals surface area contributed by atoms with Gasteiger partial charge in [0.2, 0.25) is 0 Å². The van der Waals surface area contributed by atoms with E-state index in [9.17, 15) is 14.5 Å². The van der Waals surface area contributed by atoms with Crippen LogP contribution in [-0.2, 0) is 0 Å². The van der Waals surface area contributed by atoms with Gasteiger partial charge in [-0.2, -0.15) is 0 Å². The maximum atomic E-state index is 13.3. The molecule has 0 atom stereocenters. The molecule has 94 valence electrons. The molecule has 0 bridgehead atoms. The van der Waals surface area contributed by atoms with Gasteiger partial charge >= 0.3 is 0 Å². The number of pyridine rings is 1. The fraction of sp³-hybridized carbons (Fsp3) is 0.250. The van der Waals surface area contributed by atoms with Gasteiger partial charge in [0.15, 0.2) is 0 Å². The van der Waals surface area contributed by atoms with Gasteiger partial charge in [0.1, 0.15) is 16.5 Å². The highest BCUT2D eigenvalue weighted by Gasteiger charge is 2.18. The summed E-state index contributed by atoms with van der Waals surface area (Å²) in [4.78, 5) is 14.2. The molecule has 0 saturated carbocycles. The van der Waals surface area contributed by atoms with Crippen LogP contribution >= 0.6 is 11.6 Å². The van der Waals surface area contributed by atoms with Gasteiger partial charge in [-0.1, -0.05) is 25.4 Å². The Bertz CT molecular complexity index is 644. The lowest BCUT2D eigenvalue weighted by Gasteiger charge is -2.09. The number of nitrogens with zero attached hydrogens (tertiary/aromatic N) is 2. The number of non-ortho nitro benzene ring substituents is 1. The first-order chi connectivity index (χ1) is 8.40. The normalized spacial score (nSPS) is 11.2. The summed E-state index contributed by atoms with van der Waals surface area (Å²) in [5.74, 6) is -0.551. The van der Waals surface area contributed by atoms with Gasteiger partial charge < -0.3 is 0 Å². The fourth-order valence-electron chi connectivity index (χ4n) is 1.77. The van der Waals surface area contributed by atoms with Gasteiger partial charge in [-0.3, -0.25) is 10.1 Å². The van der Waals surface area contributed by atoms with E-state index in [1.807, 2.05) is 13.8 Å². The third-order valence-electron chi connectivity index (χ3n) is 2.66. The molecule has 2 rings (SSSR count). The molecular weight excluding hydrogens is 259 g/mol. The first kappa shape index (κ1) is 12.7. The van der Waals surface area contributed by atoms with Gasteiger partial charge in [-0.05, 0) is 23.6 Å². The molecule has 0 aliphatic heterocycles. The molecule has 0 aliphatic rings. The standard InChI is InChI=1S/C12H10ClFN2O2/c1-6(2)9-4-7-3-8(14)5-10(16(17)18)11(7)15-12(9)13/h3-6H,1-2H3. The van der Waals surface area contributed by atoms with Crippen LogP contribution in [0, 0.1) is 15.9 Å². The lowest BCUT2D eigenvalue weighted by molar-refractivity contribution is -0.383. The minimum Gasteiger partial charge on any atom is -0.258 e. The SMILES string of the molecule is CC(C)c1cc2cc(F)cc([N+](=O)[O-])c2nc1Cl. The first-order valence-corrected chi connectivity index (χ1v) is 5.72. The zero-order valence-corrected chi connectivity index (χ0v) is 10.5. The topological polar surface area (TPSA) is 56.0 Å². The average molecular weight is 269 g/mol. The predicted octanol–water partition coefficient (Wildman–Crippen LogP) is 4.06. The number of hydrogen-bond donors (Lipinski definition) is 0. The maximum Gasteiger partial charge on any atom is 0.298 e. The van der Waals surface area contributed by atoms with Crippen molar-refractivity contribution in [2.24, 2.45) is 0 Å². The third kappa shape index (κ3) is 2.13. The molecule has 0 aliphatic carbocycles. The summed E-state index contributed by atoms with van der Waals surface area (Å²) in [5, 5.41) is 11.5. The molecule has 0 fully saturated rings. The molecule has 0 unspecified atom stereocenters. The Morgan fingerprint density at radius 1 is 1.39 bits per heavy atom. The fourth-order valence-corrected chi connectivity index (χ4v) is 2.13. The third-order valence-corrected chi connectivity index (χ3v) is 2.96. The molecule has 1 aromatic heterocycles. The summed E-state index contributed by atoms with van der Waals surface area (Å²) in [6.07, 6.45) is 0. The molecule has 6 heteroatoms. The number of benzene rings is 1. The molecule has 4 nitrogen and oxygen atoms in total. The van der Waals surface area contributed by atoms with Crippen LogP contribution in [0.15, 0.2) is 18.2 Å². The van der Waals surface area contributed by atoms with Crippen molar-refractivity contribution < 1.29 is 9.31 Å². The molecule has 0 N–H and O–H groups in total. The van der Waals surface area contributed by atoms with E-state index in [1.165, 1.54) is 6.07 Å². The van der Waals surface area contributed by atoms with Gasteiger partial charge in [-0.25, -0.2) is 9.37 Å². The second-order valence-electron chi connectivity index (χ2n) is 4.28. The lowest BCUT2D eigenvalue weighted by atomic mass is 10.0. The summed E-state index contributed by atoms with van der Waals surface area (Å²) in [7, 11) is 0. The number of nitro benzene ring substituents is 1. The number of hydrogen-bond acceptors (Lipinski definition) is 3. The molecule has 0 spiro atoms. The molecule has 0 radical (unpaired) electrons. The second-order valence-corrected chi connectivity index (χ2v) is 4.63. The van der Waals surface area contributed by atoms with Crippen LogP contribution in [-0.4, -0.2) is 9.91 Å². The number of nitro groups is 1. The van der Waals surface area contributed by atoms with Crippen LogP contribution in [0.2, 0.25) is 5.15 Å². The smallest absolute Gasteiger partial charge is 0.258 e. The lowest BCUT2D eigenvalue weighted by Crippen LogP contribution is -1.97. The number of fused-ring (bicyclic) bond motifs is 1. The Hall–Kier alpha value is -1.75. The van der Waals surface area contributed by atoms with E-state index in [2.05, 4.69) is 4.98 Å². The number of rotatable bonds is 2. The van der Waals surface area contributed by atoms with Crippen molar-refractivity contribution in [3.05, 3.63) is 44.8 Å². The predicted molar refractivity (Wildman–Crippen MR) is 67.5 cm³/mol. The summed E-state index contributed by atoms with van der Waals surface area (Å²) >= 11 is 5.99. The highest BCUT2D eigenvalue weighted by molar-refractivity contribution is 6.30. The molecule has 0 saturated heterocycles. The van der Waals surface area contributed by atoms with Crippen molar-refractivity contribution in [2.45, 2.75) is 19.8 Å². The van der Waals surface area contributed by atoms with Crippen LogP contribution in [0.3, 0.4) is 0 Å². The molecule has 2 aromatic rings. The van der Waals surface area contributed by atoms with Crippen LogP contribution in [0.25, 0.3) is 10.9 Å². The van der Waals surface area contributed by atoms with Crippen LogP contribution < -0.4 is 0 Å². The van der Waals surface area contributed by atoms with Crippen LogP contribution in [0.1, 0.15) is 25.3 Å². The highest BCUT2D eigenvalue weighted by Crippen LogP contribution is 2.31. The van der Waals surface area contributed by atoms with Crippen molar-refractivity contribution in [3.63, 3.8) is 0 Å².